The molecule has 3 rings (SSSR count). The topological polar surface area (TPSA) is 69.7 Å². The molecule has 1 amide bonds. The average Bonchev–Trinajstić information content (AvgIpc) is 2.69. The molecule has 1 heterocycles. The smallest absolute Gasteiger partial charge is 0.243 e. The van der Waals surface area contributed by atoms with E-state index in [0.29, 0.717) is 30.1 Å². The predicted octanol–water partition coefficient (Wildman–Crippen LogP) is 3.45. The van der Waals surface area contributed by atoms with Crippen LogP contribution in [0.15, 0.2) is 53.4 Å². The van der Waals surface area contributed by atoms with Crippen molar-refractivity contribution in [3.63, 3.8) is 0 Å². The van der Waals surface area contributed by atoms with Crippen molar-refractivity contribution >= 4 is 38.9 Å². The van der Waals surface area contributed by atoms with E-state index in [9.17, 15) is 13.2 Å². The van der Waals surface area contributed by atoms with E-state index in [0.717, 1.165) is 5.69 Å². The summed E-state index contributed by atoms with van der Waals surface area (Å²) in [6, 6.07) is 13.6. The van der Waals surface area contributed by atoms with Crippen LogP contribution in [0.5, 0.6) is 0 Å². The summed E-state index contributed by atoms with van der Waals surface area (Å²) in [5.41, 5.74) is 1.74. The molecule has 1 aliphatic heterocycles. The first-order valence-corrected chi connectivity index (χ1v) is 10.9. The Morgan fingerprint density at radius 1 is 1.11 bits per heavy atom. The van der Waals surface area contributed by atoms with Crippen molar-refractivity contribution in [3.8, 4) is 0 Å². The largest absolute Gasteiger partial charge is 0.378 e. The third-order valence-corrected chi connectivity index (χ3v) is 6.99. The van der Waals surface area contributed by atoms with Gasteiger partial charge in [0, 0.05) is 43.6 Å². The highest BCUT2D eigenvalue weighted by Gasteiger charge is 2.33. The number of rotatable bonds is 5. The minimum atomic E-state index is -3.64. The number of anilines is 2. The minimum absolute atomic E-state index is 0.159. The summed E-state index contributed by atoms with van der Waals surface area (Å²) in [6.45, 7) is 0.582. The fourth-order valence-electron chi connectivity index (χ4n) is 3.22. The van der Waals surface area contributed by atoms with Crippen molar-refractivity contribution in [2.24, 2.45) is 5.92 Å². The molecule has 8 heteroatoms. The summed E-state index contributed by atoms with van der Waals surface area (Å²) in [6.07, 6.45) is 1.30. The number of nitrogens with zero attached hydrogens (tertiary/aromatic N) is 2. The molecular formula is C20H24ClN3O3S. The summed E-state index contributed by atoms with van der Waals surface area (Å²) in [7, 11) is 0.255. The Morgan fingerprint density at radius 2 is 1.75 bits per heavy atom. The van der Waals surface area contributed by atoms with Crippen LogP contribution in [0.25, 0.3) is 0 Å². The molecule has 2 aromatic rings. The zero-order valence-corrected chi connectivity index (χ0v) is 17.5. The lowest BCUT2D eigenvalue weighted by molar-refractivity contribution is -0.120. The number of carbonyl (C=O) groups is 1. The molecule has 28 heavy (non-hydrogen) atoms. The molecule has 1 atom stereocenters. The number of piperidine rings is 1. The molecule has 0 aliphatic carbocycles. The van der Waals surface area contributed by atoms with Gasteiger partial charge in [0.2, 0.25) is 15.9 Å². The molecule has 0 unspecified atom stereocenters. The number of hydrogen-bond donors (Lipinski definition) is 1. The first-order chi connectivity index (χ1) is 13.3. The van der Waals surface area contributed by atoms with E-state index in [-0.39, 0.29) is 23.3 Å². The second-order valence-electron chi connectivity index (χ2n) is 7.09. The molecule has 0 radical (unpaired) electrons. The molecule has 1 aliphatic rings. The molecule has 0 saturated carbocycles. The van der Waals surface area contributed by atoms with Gasteiger partial charge in [-0.1, -0.05) is 11.6 Å². The Bertz CT molecular complexity index is 928. The van der Waals surface area contributed by atoms with E-state index >= 15 is 0 Å². The molecule has 1 fully saturated rings. The van der Waals surface area contributed by atoms with Crippen molar-refractivity contribution in [1.29, 1.82) is 0 Å². The van der Waals surface area contributed by atoms with Crippen LogP contribution in [0.4, 0.5) is 11.4 Å². The average molecular weight is 422 g/mol. The Kier molecular flexibility index (Phi) is 6.27. The maximum absolute atomic E-state index is 12.9. The maximum atomic E-state index is 12.9. The van der Waals surface area contributed by atoms with Gasteiger partial charge in [-0.3, -0.25) is 4.79 Å². The van der Waals surface area contributed by atoms with E-state index in [2.05, 4.69) is 5.32 Å². The van der Waals surface area contributed by atoms with E-state index in [1.54, 1.807) is 12.1 Å². The van der Waals surface area contributed by atoms with E-state index in [1.165, 1.54) is 16.4 Å². The van der Waals surface area contributed by atoms with E-state index in [1.807, 2.05) is 43.3 Å². The quantitative estimate of drug-likeness (QED) is 0.802. The van der Waals surface area contributed by atoms with Crippen LogP contribution < -0.4 is 10.2 Å². The first kappa shape index (κ1) is 20.6. The summed E-state index contributed by atoms with van der Waals surface area (Å²) in [5.74, 6) is -0.544. The zero-order valence-electron chi connectivity index (χ0n) is 15.9. The fourth-order valence-corrected chi connectivity index (χ4v) is 4.87. The highest BCUT2D eigenvalue weighted by atomic mass is 35.5. The van der Waals surface area contributed by atoms with Crippen molar-refractivity contribution < 1.29 is 13.2 Å². The van der Waals surface area contributed by atoms with Gasteiger partial charge in [-0.2, -0.15) is 4.31 Å². The van der Waals surface area contributed by atoms with E-state index in [4.69, 9.17) is 11.6 Å². The van der Waals surface area contributed by atoms with Crippen molar-refractivity contribution in [2.45, 2.75) is 17.7 Å². The van der Waals surface area contributed by atoms with Crippen molar-refractivity contribution in [2.75, 3.05) is 37.4 Å². The van der Waals surface area contributed by atoms with Gasteiger partial charge in [0.15, 0.2) is 0 Å². The summed E-state index contributed by atoms with van der Waals surface area (Å²) >= 11 is 5.85. The summed E-state index contributed by atoms with van der Waals surface area (Å²) in [4.78, 5) is 14.8. The molecule has 0 spiro atoms. The van der Waals surface area contributed by atoms with Crippen LogP contribution in [0.3, 0.4) is 0 Å². The summed E-state index contributed by atoms with van der Waals surface area (Å²) in [5, 5.41) is 3.38. The molecule has 1 N–H and O–H groups in total. The Morgan fingerprint density at radius 3 is 2.36 bits per heavy atom. The maximum Gasteiger partial charge on any atom is 0.243 e. The van der Waals surface area contributed by atoms with Crippen molar-refractivity contribution in [1.82, 2.24) is 4.31 Å². The highest BCUT2D eigenvalue weighted by molar-refractivity contribution is 7.89. The lowest BCUT2D eigenvalue weighted by Crippen LogP contribution is -2.43. The SMILES string of the molecule is CN(C)c1ccc(NC(=O)[C@@H]2CCCN(S(=O)(=O)c3ccc(Cl)cc3)C2)cc1. The van der Waals surface area contributed by atoms with Gasteiger partial charge in [0.25, 0.3) is 0 Å². The van der Waals surface area contributed by atoms with Gasteiger partial charge in [0.1, 0.15) is 0 Å². The third kappa shape index (κ3) is 4.66. The normalized spacial score (nSPS) is 17.9. The van der Waals surface area contributed by atoms with Gasteiger partial charge < -0.3 is 10.2 Å². The van der Waals surface area contributed by atoms with Crippen LogP contribution in [0.1, 0.15) is 12.8 Å². The van der Waals surface area contributed by atoms with Crippen LogP contribution in [-0.4, -0.2) is 45.8 Å². The number of carbonyl (C=O) groups excluding carboxylic acids is 1. The Labute approximate surface area is 171 Å². The molecular weight excluding hydrogens is 398 g/mol. The third-order valence-electron chi connectivity index (χ3n) is 4.86. The second-order valence-corrected chi connectivity index (χ2v) is 9.46. The number of halogens is 1. The van der Waals surface area contributed by atoms with Crippen LogP contribution in [0.2, 0.25) is 5.02 Å². The van der Waals surface area contributed by atoms with Crippen LogP contribution in [-0.2, 0) is 14.8 Å². The van der Waals surface area contributed by atoms with E-state index < -0.39 is 10.0 Å². The number of sulfonamides is 1. The zero-order chi connectivity index (χ0) is 20.3. The molecule has 150 valence electrons. The first-order valence-electron chi connectivity index (χ1n) is 9.11. The standard InChI is InChI=1S/C20H24ClN3O3S/c1-23(2)18-9-7-17(8-10-18)22-20(25)15-4-3-13-24(14-15)28(26,27)19-11-5-16(21)6-12-19/h5-12,15H,3-4,13-14H2,1-2H3,(H,22,25)/t15-/m1/s1. The second kappa shape index (κ2) is 8.51. The van der Waals surface area contributed by atoms with Crippen LogP contribution in [0, 0.1) is 5.92 Å². The molecule has 6 nitrogen and oxygen atoms in total. The number of amides is 1. The lowest BCUT2D eigenvalue weighted by Gasteiger charge is -2.31. The number of nitrogens with one attached hydrogen (secondary N) is 1. The monoisotopic (exact) mass is 421 g/mol. The van der Waals surface area contributed by atoms with Gasteiger partial charge >= 0.3 is 0 Å². The predicted molar refractivity (Wildman–Crippen MR) is 112 cm³/mol. The van der Waals surface area contributed by atoms with Gasteiger partial charge in [0.05, 0.1) is 10.8 Å². The molecule has 1 saturated heterocycles. The molecule has 0 bridgehead atoms. The van der Waals surface area contributed by atoms with Gasteiger partial charge in [-0.15, -0.1) is 0 Å². The highest BCUT2D eigenvalue weighted by Crippen LogP contribution is 2.26. The Balaban J connectivity index is 1.68. The fraction of sp³-hybridized carbons (Fsp3) is 0.350. The number of benzene rings is 2. The van der Waals surface area contributed by atoms with Crippen molar-refractivity contribution in [3.05, 3.63) is 53.6 Å². The number of hydrogen-bond acceptors (Lipinski definition) is 4. The Hall–Kier alpha value is -2.09. The molecule has 0 aromatic heterocycles. The van der Waals surface area contributed by atoms with Gasteiger partial charge in [-0.25, -0.2) is 8.42 Å². The molecule has 2 aromatic carbocycles. The lowest BCUT2D eigenvalue weighted by atomic mass is 9.98. The minimum Gasteiger partial charge on any atom is -0.378 e. The van der Waals surface area contributed by atoms with Crippen LogP contribution >= 0.6 is 11.6 Å². The summed E-state index contributed by atoms with van der Waals surface area (Å²) < 4.78 is 27.1. The van der Waals surface area contributed by atoms with Gasteiger partial charge in [-0.05, 0) is 61.4 Å².